The van der Waals surface area contributed by atoms with Crippen LogP contribution in [0.2, 0.25) is 0 Å². The molecule has 2 aromatic rings. The summed E-state index contributed by atoms with van der Waals surface area (Å²) in [7, 11) is 3.07. The van der Waals surface area contributed by atoms with Gasteiger partial charge in [-0.2, -0.15) is 0 Å². The van der Waals surface area contributed by atoms with Crippen molar-refractivity contribution in [3.8, 4) is 11.5 Å². The van der Waals surface area contributed by atoms with Crippen LogP contribution in [-0.2, 0) is 4.79 Å². The molecule has 0 fully saturated rings. The molecule has 2 amide bonds. The van der Waals surface area contributed by atoms with Gasteiger partial charge in [0.15, 0.2) is 0 Å². The average molecular weight is 356 g/mol. The quantitative estimate of drug-likeness (QED) is 0.799. The number of benzene rings is 2. The zero-order valence-corrected chi connectivity index (χ0v) is 15.4. The standard InChI is InChI=1S/C20H24N2O4/c1-13(2)18(22-19(23)14-8-6-5-7-9-14)20(24)21-16-12-15(25-3)10-11-17(16)26-4/h5-13,18H,1-4H3,(H,21,24)(H,22,23)/t18-/m0/s1. The van der Waals surface area contributed by atoms with E-state index in [1.807, 2.05) is 19.9 Å². The Morgan fingerprint density at radius 3 is 2.23 bits per heavy atom. The van der Waals surface area contributed by atoms with Crippen molar-refractivity contribution in [3.05, 3.63) is 54.1 Å². The minimum Gasteiger partial charge on any atom is -0.497 e. The number of rotatable bonds is 7. The molecule has 0 aromatic heterocycles. The summed E-state index contributed by atoms with van der Waals surface area (Å²) in [5.74, 6) is 0.388. The lowest BCUT2D eigenvalue weighted by molar-refractivity contribution is -0.118. The molecule has 2 rings (SSSR count). The molecule has 0 aliphatic rings. The van der Waals surface area contributed by atoms with E-state index in [9.17, 15) is 9.59 Å². The second kappa shape index (κ2) is 8.89. The maximum absolute atomic E-state index is 12.8. The summed E-state index contributed by atoms with van der Waals surface area (Å²) >= 11 is 0. The Balaban J connectivity index is 2.17. The van der Waals surface area contributed by atoms with E-state index >= 15 is 0 Å². The van der Waals surface area contributed by atoms with Crippen LogP contribution in [0.5, 0.6) is 11.5 Å². The lowest BCUT2D eigenvalue weighted by atomic mass is 10.0. The molecule has 0 heterocycles. The third kappa shape index (κ3) is 4.75. The fraction of sp³-hybridized carbons (Fsp3) is 0.300. The van der Waals surface area contributed by atoms with Crippen molar-refractivity contribution in [3.63, 3.8) is 0 Å². The Kier molecular flexibility index (Phi) is 6.60. The van der Waals surface area contributed by atoms with Gasteiger partial charge in [-0.1, -0.05) is 32.0 Å². The van der Waals surface area contributed by atoms with Crippen LogP contribution in [0.3, 0.4) is 0 Å². The minimum atomic E-state index is -0.696. The third-order valence-corrected chi connectivity index (χ3v) is 3.94. The van der Waals surface area contributed by atoms with E-state index < -0.39 is 6.04 Å². The maximum atomic E-state index is 12.8. The van der Waals surface area contributed by atoms with Gasteiger partial charge < -0.3 is 20.1 Å². The highest BCUT2D eigenvalue weighted by Gasteiger charge is 2.25. The van der Waals surface area contributed by atoms with Gasteiger partial charge in [0.05, 0.1) is 19.9 Å². The van der Waals surface area contributed by atoms with Gasteiger partial charge in [0, 0.05) is 11.6 Å². The summed E-state index contributed by atoms with van der Waals surface area (Å²) in [6.07, 6.45) is 0. The monoisotopic (exact) mass is 356 g/mol. The van der Waals surface area contributed by atoms with Crippen LogP contribution in [0.25, 0.3) is 0 Å². The predicted molar refractivity (Wildman–Crippen MR) is 101 cm³/mol. The molecule has 1 atom stereocenters. The molecule has 26 heavy (non-hydrogen) atoms. The summed E-state index contributed by atoms with van der Waals surface area (Å²) in [4.78, 5) is 25.2. The van der Waals surface area contributed by atoms with Crippen LogP contribution in [-0.4, -0.2) is 32.1 Å². The number of carbonyl (C=O) groups is 2. The zero-order valence-electron chi connectivity index (χ0n) is 15.4. The summed E-state index contributed by atoms with van der Waals surface area (Å²) in [5.41, 5.74) is 0.987. The van der Waals surface area contributed by atoms with Crippen molar-refractivity contribution < 1.29 is 19.1 Å². The van der Waals surface area contributed by atoms with Crippen LogP contribution in [0.1, 0.15) is 24.2 Å². The summed E-state index contributed by atoms with van der Waals surface area (Å²) in [5, 5.41) is 5.61. The van der Waals surface area contributed by atoms with Crippen LogP contribution in [0.4, 0.5) is 5.69 Å². The molecule has 0 aliphatic carbocycles. The van der Waals surface area contributed by atoms with E-state index in [1.54, 1.807) is 49.6 Å². The first kappa shape index (κ1) is 19.3. The maximum Gasteiger partial charge on any atom is 0.251 e. The molecule has 6 nitrogen and oxygen atoms in total. The van der Waals surface area contributed by atoms with Crippen molar-refractivity contribution in [2.24, 2.45) is 5.92 Å². The number of nitrogens with one attached hydrogen (secondary N) is 2. The number of hydrogen-bond acceptors (Lipinski definition) is 4. The van der Waals surface area contributed by atoms with E-state index in [-0.39, 0.29) is 17.7 Å². The summed E-state index contributed by atoms with van der Waals surface area (Å²) in [6.45, 7) is 3.75. The van der Waals surface area contributed by atoms with Gasteiger partial charge in [-0.25, -0.2) is 0 Å². The Morgan fingerprint density at radius 1 is 0.962 bits per heavy atom. The number of hydrogen-bond donors (Lipinski definition) is 2. The van der Waals surface area contributed by atoms with Crippen LogP contribution in [0.15, 0.2) is 48.5 Å². The lowest BCUT2D eigenvalue weighted by Crippen LogP contribution is -2.47. The van der Waals surface area contributed by atoms with Gasteiger partial charge >= 0.3 is 0 Å². The highest BCUT2D eigenvalue weighted by molar-refractivity contribution is 6.01. The highest BCUT2D eigenvalue weighted by Crippen LogP contribution is 2.29. The second-order valence-electron chi connectivity index (χ2n) is 6.12. The van der Waals surface area contributed by atoms with Crippen molar-refractivity contribution in [1.29, 1.82) is 0 Å². The molecule has 2 N–H and O–H groups in total. The second-order valence-corrected chi connectivity index (χ2v) is 6.12. The molecule has 0 bridgehead atoms. The van der Waals surface area contributed by atoms with Gasteiger partial charge in [-0.3, -0.25) is 9.59 Å². The number of carbonyl (C=O) groups excluding carboxylic acids is 2. The topological polar surface area (TPSA) is 76.7 Å². The van der Waals surface area contributed by atoms with Gasteiger partial charge in [0.1, 0.15) is 17.5 Å². The molecule has 0 spiro atoms. The summed E-state index contributed by atoms with van der Waals surface area (Å²) < 4.78 is 10.5. The van der Waals surface area contributed by atoms with Crippen LogP contribution in [0, 0.1) is 5.92 Å². The van der Waals surface area contributed by atoms with Gasteiger partial charge in [0.2, 0.25) is 5.91 Å². The largest absolute Gasteiger partial charge is 0.497 e. The van der Waals surface area contributed by atoms with Crippen LogP contribution >= 0.6 is 0 Å². The normalized spacial score (nSPS) is 11.6. The Hall–Kier alpha value is -3.02. The smallest absolute Gasteiger partial charge is 0.251 e. The molecule has 0 unspecified atom stereocenters. The number of methoxy groups -OCH3 is 2. The number of anilines is 1. The molecular formula is C20H24N2O4. The van der Waals surface area contributed by atoms with Crippen molar-refractivity contribution in [2.45, 2.75) is 19.9 Å². The Labute approximate surface area is 153 Å². The average Bonchev–Trinajstić information content (AvgIpc) is 2.66. The molecule has 2 aromatic carbocycles. The molecular weight excluding hydrogens is 332 g/mol. The number of amides is 2. The van der Waals surface area contributed by atoms with E-state index in [1.165, 1.54) is 7.11 Å². The molecule has 0 saturated heterocycles. The predicted octanol–water partition coefficient (Wildman–Crippen LogP) is 3.10. The van der Waals surface area contributed by atoms with E-state index in [0.717, 1.165) is 0 Å². The third-order valence-electron chi connectivity index (χ3n) is 3.94. The lowest BCUT2D eigenvalue weighted by Gasteiger charge is -2.22. The fourth-order valence-electron chi connectivity index (χ4n) is 2.47. The summed E-state index contributed by atoms with van der Waals surface area (Å²) in [6, 6.07) is 13.2. The molecule has 0 saturated carbocycles. The van der Waals surface area contributed by atoms with Gasteiger partial charge in [-0.05, 0) is 30.2 Å². The van der Waals surface area contributed by atoms with Crippen molar-refractivity contribution in [1.82, 2.24) is 5.32 Å². The molecule has 0 aliphatic heterocycles. The van der Waals surface area contributed by atoms with E-state index in [0.29, 0.717) is 22.7 Å². The van der Waals surface area contributed by atoms with Gasteiger partial charge in [-0.15, -0.1) is 0 Å². The molecule has 0 radical (unpaired) electrons. The Bertz CT molecular complexity index is 760. The first-order chi connectivity index (χ1) is 12.5. The minimum absolute atomic E-state index is 0.0979. The fourth-order valence-corrected chi connectivity index (χ4v) is 2.47. The highest BCUT2D eigenvalue weighted by atomic mass is 16.5. The number of ether oxygens (including phenoxy) is 2. The first-order valence-corrected chi connectivity index (χ1v) is 8.35. The SMILES string of the molecule is COc1ccc(OC)c(NC(=O)[C@@H](NC(=O)c2ccccc2)C(C)C)c1. The van der Waals surface area contributed by atoms with Crippen LogP contribution < -0.4 is 20.1 Å². The van der Waals surface area contributed by atoms with E-state index in [2.05, 4.69) is 10.6 Å². The Morgan fingerprint density at radius 2 is 1.65 bits per heavy atom. The molecule has 6 heteroatoms. The van der Waals surface area contributed by atoms with Crippen molar-refractivity contribution in [2.75, 3.05) is 19.5 Å². The molecule has 138 valence electrons. The van der Waals surface area contributed by atoms with Gasteiger partial charge in [0.25, 0.3) is 5.91 Å². The van der Waals surface area contributed by atoms with Crippen molar-refractivity contribution >= 4 is 17.5 Å². The zero-order chi connectivity index (χ0) is 19.1. The van der Waals surface area contributed by atoms with E-state index in [4.69, 9.17) is 9.47 Å². The first-order valence-electron chi connectivity index (χ1n) is 8.35.